The van der Waals surface area contributed by atoms with Crippen LogP contribution in [-0.4, -0.2) is 92.4 Å². The molecule has 0 aliphatic carbocycles. The fourth-order valence-electron chi connectivity index (χ4n) is 15.4. The normalized spacial score (nSPS) is 10.9. The van der Waals surface area contributed by atoms with Gasteiger partial charge in [0.05, 0.1) is 64.4 Å². The van der Waals surface area contributed by atoms with Crippen molar-refractivity contribution in [1.82, 2.24) is 85.3 Å². The highest BCUT2D eigenvalue weighted by molar-refractivity contribution is 6.32. The number of ether oxygens (including phenoxy) is 1. The van der Waals surface area contributed by atoms with Crippen LogP contribution < -0.4 is 31.3 Å². The molecule has 9 aromatic heterocycles. The Bertz CT molecular complexity index is 8090. The Balaban J connectivity index is 0.000000136. The van der Waals surface area contributed by atoms with Gasteiger partial charge in [0.2, 0.25) is 0 Å². The molecule has 0 atom stereocenters. The molecule has 730 valence electrons. The number of anilines is 5. The molecule has 0 aliphatic rings. The lowest BCUT2D eigenvalue weighted by atomic mass is 10.1. The standard InChI is InChI=1S/C25H19ClN6.C21H16Cl2N6.C21H15ClF3N5.C19H16ClFN4O.C17H13Cl2F3N6/c26-19-5-3-4-18(12-19)13-23-21(14-27)25(31-30-23)28-15-17-8-10-20(11-9-17)32-16-29-22-6-1-2-7-24(22)32;22-15-8-4-5-13(9-15)10-17-16(11-24)21(29-28-17)25-12-18-19(23)27-20(26-18)14-6-2-1-3-7-14;1-10-17(23)19(25)16-12(8-27-20(16)18(10)24)9-28-21-14(7-26)15(29-30-21)6-11-3-2-4-13(22)5-11;1-26-18-6-5-13(8-16(18)21)11-23-19-15(10-22)17(24-25-19)9-12-3-2-4-14(20)7-12;1-28-15(19)12(14(27-28)17(20,21)22)8-24-16-11(7-23)13(25-26-16)6-9-3-2-4-10(18)5-9/h1-12,16H,13,15H2,(H2,28,30,31);1-9H,10,12H2,(H,26,27)(H2,25,28,29);2-5,8,27H,6,9H2,1H3,(H2,28,29,30);2-8H,9,11H2,1H3,(H2,23,24,25);2-5H,6,8H2,1H3,(H2,24,25,26). The van der Waals surface area contributed by atoms with Gasteiger partial charge in [0.1, 0.15) is 75.5 Å². The number of nitrogens with one attached hydrogen (secondary N) is 12. The molecule has 0 spiro atoms. The first kappa shape index (κ1) is 103. The quantitative estimate of drug-likeness (QED) is 0.0160. The number of nitriles is 5. The van der Waals surface area contributed by atoms with Crippen molar-refractivity contribution in [3.8, 4) is 53.2 Å². The van der Waals surface area contributed by atoms with E-state index < -0.39 is 35.1 Å². The number of alkyl halides is 3. The van der Waals surface area contributed by atoms with E-state index in [1.54, 1.807) is 48.5 Å². The van der Waals surface area contributed by atoms with Gasteiger partial charge in [-0.15, -0.1) is 0 Å². The van der Waals surface area contributed by atoms with Crippen LogP contribution >= 0.6 is 81.2 Å². The Kier molecular flexibility index (Phi) is 33.6. The average Bonchev–Trinajstić information content (AvgIpc) is 1.65. The number of hydrogen-bond donors (Lipinski definition) is 12. The largest absolute Gasteiger partial charge is 0.494 e. The van der Waals surface area contributed by atoms with E-state index >= 15 is 0 Å². The maximum Gasteiger partial charge on any atom is 0.435 e. The summed E-state index contributed by atoms with van der Waals surface area (Å²) in [5.41, 5.74) is 15.0. The highest BCUT2D eigenvalue weighted by atomic mass is 35.5. The van der Waals surface area contributed by atoms with Crippen LogP contribution in [0.2, 0.25) is 35.4 Å². The minimum atomic E-state index is -4.65. The summed E-state index contributed by atoms with van der Waals surface area (Å²) >= 11 is 42.3. The molecule has 42 heteroatoms. The second-order valence-corrected chi connectivity index (χ2v) is 35.2. The number of hydrogen-bond acceptors (Lipinski definition) is 19. The van der Waals surface area contributed by atoms with Crippen LogP contribution in [0.3, 0.4) is 0 Å². The first-order chi connectivity index (χ1) is 70.0. The van der Waals surface area contributed by atoms with Crippen LogP contribution in [0, 0.1) is 86.8 Å². The number of aromatic nitrogens is 17. The molecule has 9 heterocycles. The van der Waals surface area contributed by atoms with E-state index in [9.17, 15) is 57.0 Å². The van der Waals surface area contributed by atoms with E-state index in [-0.39, 0.29) is 63.2 Å². The highest BCUT2D eigenvalue weighted by Crippen LogP contribution is 2.38. The molecule has 19 aromatic rings. The molecule has 12 N–H and O–H groups in total. The molecule has 19 rings (SSSR count). The van der Waals surface area contributed by atoms with Gasteiger partial charge in [-0.3, -0.25) is 34.7 Å². The van der Waals surface area contributed by atoms with Crippen molar-refractivity contribution < 1.29 is 35.5 Å². The van der Waals surface area contributed by atoms with Crippen LogP contribution in [0.1, 0.15) is 123 Å². The first-order valence-corrected chi connectivity index (χ1v) is 46.5. The molecule has 145 heavy (non-hydrogen) atoms. The molecule has 0 fully saturated rings. The van der Waals surface area contributed by atoms with Gasteiger partial charge in [-0.1, -0.05) is 203 Å². The van der Waals surface area contributed by atoms with E-state index in [0.29, 0.717) is 161 Å². The van der Waals surface area contributed by atoms with E-state index in [0.717, 1.165) is 71.7 Å². The topological polar surface area (TPSA) is 412 Å². The Morgan fingerprint density at radius 3 is 1.26 bits per heavy atom. The summed E-state index contributed by atoms with van der Waals surface area (Å²) in [6.07, 6.45) is 0.955. The van der Waals surface area contributed by atoms with Crippen LogP contribution in [-0.2, 0) is 78.1 Å². The average molecular weight is 2090 g/mol. The lowest BCUT2D eigenvalue weighted by Crippen LogP contribution is -2.12. The van der Waals surface area contributed by atoms with Crippen molar-refractivity contribution in [3.05, 3.63) is 413 Å². The number of aryl methyl sites for hydroxylation is 1. The predicted octanol–water partition coefficient (Wildman–Crippen LogP) is 24.8. The number of nitrogens with zero attached hydrogens (tertiary/aromatic N) is 15. The molecule has 28 nitrogen and oxygen atoms in total. The van der Waals surface area contributed by atoms with Gasteiger partial charge in [-0.05, 0) is 148 Å². The number of imidazole rings is 2. The number of aromatic amines is 7. The number of rotatable bonds is 28. The number of H-pyrrole nitrogens is 7. The lowest BCUT2D eigenvalue weighted by Gasteiger charge is -2.07. The van der Waals surface area contributed by atoms with Gasteiger partial charge in [-0.2, -0.15) is 70.1 Å². The van der Waals surface area contributed by atoms with Gasteiger partial charge in [0, 0.05) is 124 Å². The van der Waals surface area contributed by atoms with Gasteiger partial charge in [-0.25, -0.2) is 27.5 Å². The molecule has 0 saturated carbocycles. The zero-order chi connectivity index (χ0) is 103. The number of methoxy groups -OCH3 is 1. The van der Waals surface area contributed by atoms with E-state index in [4.69, 9.17) is 85.9 Å². The van der Waals surface area contributed by atoms with Crippen molar-refractivity contribution >= 4 is 132 Å². The van der Waals surface area contributed by atoms with E-state index in [1.165, 1.54) is 33.3 Å². The number of para-hydroxylation sites is 2. The van der Waals surface area contributed by atoms with E-state index in [2.05, 4.69) is 162 Å². The molecular formula is C103H79Cl7F7N27O. The fourth-order valence-corrected chi connectivity index (χ4v) is 16.9. The zero-order valence-corrected chi connectivity index (χ0v) is 81.7. The molecule has 0 radical (unpaired) electrons. The van der Waals surface area contributed by atoms with Crippen LogP contribution in [0.15, 0.2) is 231 Å². The summed E-state index contributed by atoms with van der Waals surface area (Å²) < 4.78 is 104. The Hall–Kier alpha value is -16.5. The highest BCUT2D eigenvalue weighted by Gasteiger charge is 2.39. The van der Waals surface area contributed by atoms with Gasteiger partial charge in [0.15, 0.2) is 69.0 Å². The van der Waals surface area contributed by atoms with Crippen LogP contribution in [0.4, 0.5) is 59.8 Å². The van der Waals surface area contributed by atoms with Gasteiger partial charge < -0.3 is 41.3 Å². The third kappa shape index (κ3) is 25.3. The monoisotopic (exact) mass is 2090 g/mol. The second-order valence-electron chi connectivity index (χ2n) is 32.3. The molecule has 10 aromatic carbocycles. The van der Waals surface area contributed by atoms with E-state index in [1.807, 2.05) is 146 Å². The maximum atomic E-state index is 14.4. The SMILES string of the molecule is COc1ccc(CNc2n[nH]c(Cc3cccc(Cl)c3)c2C#N)cc1F.Cc1c(F)c(F)c2c(CNc3n[nH]c(Cc4cccc(Cl)c4)c3C#N)c[nH]c2c1F.Cn1nc(C(F)(F)F)c(CNc2n[nH]c(Cc3cccc(Cl)c3)c2C#N)c1Cl.N#Cc1c(NCc2[nH]c(-c3ccccc3)nc2Cl)n[nH]c1Cc1cccc(Cl)c1.N#Cc1c(NCc2ccc(-n3cnc4ccccc43)cc2)n[nH]c1Cc1cccc(Cl)c1. The first-order valence-electron chi connectivity index (χ1n) is 43.9. The van der Waals surface area contributed by atoms with Crippen molar-refractivity contribution in [1.29, 1.82) is 26.3 Å². The zero-order valence-electron chi connectivity index (χ0n) is 76.4. The number of halogens is 14. The number of fused-ring (bicyclic) bond motifs is 2. The predicted molar refractivity (Wildman–Crippen MR) is 544 cm³/mol. The second kappa shape index (κ2) is 47.4. The Morgan fingerprint density at radius 1 is 0.428 bits per heavy atom. The molecule has 0 unspecified atom stereocenters. The van der Waals surface area contributed by atoms with Crippen LogP contribution in [0.25, 0.3) is 39.0 Å². The molecule has 0 amide bonds. The lowest BCUT2D eigenvalue weighted by molar-refractivity contribution is -0.142. The summed E-state index contributed by atoms with van der Waals surface area (Å²) in [7, 11) is 2.74. The molecular weight excluding hydrogens is 2010 g/mol. The molecule has 0 aliphatic heterocycles. The summed E-state index contributed by atoms with van der Waals surface area (Å²) in [5, 5.41) is 105. The summed E-state index contributed by atoms with van der Waals surface area (Å²) in [6.45, 7) is 2.13. The molecule has 0 bridgehead atoms. The minimum absolute atomic E-state index is 0.00893. The molecule has 0 saturated heterocycles. The Morgan fingerprint density at radius 2 is 0.834 bits per heavy atom. The summed E-state index contributed by atoms with van der Waals surface area (Å²) in [6, 6.07) is 78.3. The van der Waals surface area contributed by atoms with Crippen molar-refractivity contribution in [2.45, 2.75) is 77.9 Å². The number of benzene rings is 10. The minimum Gasteiger partial charge on any atom is -0.494 e. The third-order valence-electron chi connectivity index (χ3n) is 22.6. The third-order valence-corrected chi connectivity index (χ3v) is 24.6. The van der Waals surface area contributed by atoms with Crippen molar-refractivity contribution in [2.24, 2.45) is 7.05 Å². The fraction of sp³-hybridized carbons (Fsp3) is 0.136. The summed E-state index contributed by atoms with van der Waals surface area (Å²) in [4.78, 5) is 14.7. The summed E-state index contributed by atoms with van der Waals surface area (Å²) in [5.74, 6) is -0.886. The van der Waals surface area contributed by atoms with Gasteiger partial charge in [0.25, 0.3) is 0 Å². The van der Waals surface area contributed by atoms with Crippen LogP contribution in [0.5, 0.6) is 5.75 Å². The maximum absolute atomic E-state index is 14.4. The van der Waals surface area contributed by atoms with Crippen molar-refractivity contribution in [3.63, 3.8) is 0 Å². The van der Waals surface area contributed by atoms with Crippen molar-refractivity contribution in [2.75, 3.05) is 33.7 Å². The van der Waals surface area contributed by atoms with Gasteiger partial charge >= 0.3 is 6.18 Å². The Labute approximate surface area is 858 Å². The smallest absolute Gasteiger partial charge is 0.435 e.